The molecule has 17 heavy (non-hydrogen) atoms. The summed E-state index contributed by atoms with van der Waals surface area (Å²) < 4.78 is 36.8. The number of hydrogen-bond acceptors (Lipinski definition) is 4. The maximum absolute atomic E-state index is 12.3. The second-order valence-electron chi connectivity index (χ2n) is 4.16. The molecule has 2 rings (SSSR count). The normalized spacial score (nSPS) is 18.1. The van der Waals surface area contributed by atoms with E-state index in [-0.39, 0.29) is 23.1 Å². The molecule has 0 aliphatic heterocycles. The SMILES string of the molecule is NC(CC(=O)c1cnc(C(F)(F)F)s1)C1CC1. The highest BCUT2D eigenvalue weighted by atomic mass is 32.1. The second kappa shape index (κ2) is 4.38. The lowest BCUT2D eigenvalue weighted by Crippen LogP contribution is -2.25. The van der Waals surface area contributed by atoms with Crippen molar-refractivity contribution in [3.8, 4) is 0 Å². The molecule has 1 aromatic rings. The molecule has 7 heteroatoms. The summed E-state index contributed by atoms with van der Waals surface area (Å²) in [5, 5.41) is -0.985. The van der Waals surface area contributed by atoms with Crippen LogP contribution in [0.15, 0.2) is 6.20 Å². The lowest BCUT2D eigenvalue weighted by molar-refractivity contribution is -0.137. The van der Waals surface area contributed by atoms with Crippen molar-refractivity contribution in [2.75, 3.05) is 0 Å². The molecule has 0 amide bonds. The molecule has 1 fully saturated rings. The summed E-state index contributed by atoms with van der Waals surface area (Å²) >= 11 is 0.381. The van der Waals surface area contributed by atoms with Gasteiger partial charge in [-0.05, 0) is 18.8 Å². The maximum Gasteiger partial charge on any atom is 0.443 e. The minimum Gasteiger partial charge on any atom is -0.327 e. The van der Waals surface area contributed by atoms with Crippen LogP contribution < -0.4 is 5.73 Å². The molecule has 1 saturated carbocycles. The van der Waals surface area contributed by atoms with E-state index in [9.17, 15) is 18.0 Å². The summed E-state index contributed by atoms with van der Waals surface area (Å²) in [6.45, 7) is 0. The first-order valence-corrected chi connectivity index (χ1v) is 6.01. The molecule has 0 bridgehead atoms. The lowest BCUT2D eigenvalue weighted by atomic mass is 10.1. The van der Waals surface area contributed by atoms with Crippen molar-refractivity contribution in [2.24, 2.45) is 11.7 Å². The lowest BCUT2D eigenvalue weighted by Gasteiger charge is -2.07. The van der Waals surface area contributed by atoms with Gasteiger partial charge >= 0.3 is 6.18 Å². The average molecular weight is 264 g/mol. The summed E-state index contributed by atoms with van der Waals surface area (Å²) in [5.74, 6) is 0.00589. The Kier molecular flexibility index (Phi) is 3.22. The average Bonchev–Trinajstić information content (AvgIpc) is 2.93. The highest BCUT2D eigenvalue weighted by molar-refractivity contribution is 7.13. The quantitative estimate of drug-likeness (QED) is 0.850. The zero-order chi connectivity index (χ0) is 12.6. The van der Waals surface area contributed by atoms with Gasteiger partial charge < -0.3 is 5.73 Å². The molecule has 1 aromatic heterocycles. The summed E-state index contributed by atoms with van der Waals surface area (Å²) in [6.07, 6.45) is -1.39. The highest BCUT2D eigenvalue weighted by Gasteiger charge is 2.36. The van der Waals surface area contributed by atoms with Gasteiger partial charge in [-0.15, -0.1) is 11.3 Å². The van der Waals surface area contributed by atoms with Crippen LogP contribution in [0.2, 0.25) is 0 Å². The van der Waals surface area contributed by atoms with E-state index < -0.39 is 11.2 Å². The fourth-order valence-electron chi connectivity index (χ4n) is 1.54. The van der Waals surface area contributed by atoms with Gasteiger partial charge in [-0.3, -0.25) is 4.79 Å². The molecule has 94 valence electrons. The summed E-state index contributed by atoms with van der Waals surface area (Å²) in [5.41, 5.74) is 5.75. The molecular weight excluding hydrogens is 253 g/mol. The number of nitrogens with two attached hydrogens (primary N) is 1. The Hall–Kier alpha value is -0.950. The van der Waals surface area contributed by atoms with Crippen molar-refractivity contribution in [1.29, 1.82) is 0 Å². The molecule has 0 saturated heterocycles. The third kappa shape index (κ3) is 3.04. The number of Topliss-reactive ketones (excluding diaryl/α,β-unsaturated/α-hetero) is 1. The largest absolute Gasteiger partial charge is 0.443 e. The number of carbonyl (C=O) groups excluding carboxylic acids is 1. The van der Waals surface area contributed by atoms with Crippen LogP contribution in [-0.2, 0) is 6.18 Å². The van der Waals surface area contributed by atoms with Crippen LogP contribution >= 0.6 is 11.3 Å². The van der Waals surface area contributed by atoms with Crippen molar-refractivity contribution in [2.45, 2.75) is 31.5 Å². The first-order chi connectivity index (χ1) is 7.88. The predicted molar refractivity (Wildman–Crippen MR) is 56.8 cm³/mol. The molecule has 1 aliphatic rings. The van der Waals surface area contributed by atoms with Crippen molar-refractivity contribution in [3.63, 3.8) is 0 Å². The Bertz CT molecular complexity index is 425. The molecule has 0 aromatic carbocycles. The van der Waals surface area contributed by atoms with Crippen molar-refractivity contribution < 1.29 is 18.0 Å². The van der Waals surface area contributed by atoms with Gasteiger partial charge in [0.2, 0.25) is 0 Å². The Morgan fingerprint density at radius 3 is 2.71 bits per heavy atom. The first-order valence-electron chi connectivity index (χ1n) is 5.19. The van der Waals surface area contributed by atoms with E-state index in [2.05, 4.69) is 4.98 Å². The van der Waals surface area contributed by atoms with E-state index in [1.165, 1.54) is 0 Å². The van der Waals surface area contributed by atoms with Crippen LogP contribution in [0.25, 0.3) is 0 Å². The van der Waals surface area contributed by atoms with Gasteiger partial charge in [0.15, 0.2) is 10.8 Å². The van der Waals surface area contributed by atoms with E-state index in [0.29, 0.717) is 17.3 Å². The van der Waals surface area contributed by atoms with Gasteiger partial charge in [0.25, 0.3) is 0 Å². The molecule has 1 heterocycles. The van der Waals surface area contributed by atoms with Gasteiger partial charge in [-0.1, -0.05) is 0 Å². The minimum absolute atomic E-state index is 0.0356. The Balaban J connectivity index is 2.01. The number of thiazole rings is 1. The zero-order valence-electron chi connectivity index (χ0n) is 8.83. The van der Waals surface area contributed by atoms with Gasteiger partial charge in [0.05, 0.1) is 4.88 Å². The number of carbonyl (C=O) groups is 1. The maximum atomic E-state index is 12.3. The monoisotopic (exact) mass is 264 g/mol. The Morgan fingerprint density at radius 2 is 2.24 bits per heavy atom. The third-order valence-electron chi connectivity index (χ3n) is 2.67. The van der Waals surface area contributed by atoms with Crippen molar-refractivity contribution >= 4 is 17.1 Å². The van der Waals surface area contributed by atoms with Crippen LogP contribution in [0.3, 0.4) is 0 Å². The molecule has 1 unspecified atom stereocenters. The fourth-order valence-corrected chi connectivity index (χ4v) is 2.27. The van der Waals surface area contributed by atoms with E-state index >= 15 is 0 Å². The number of hydrogen-bond donors (Lipinski definition) is 1. The highest BCUT2D eigenvalue weighted by Crippen LogP contribution is 2.35. The Morgan fingerprint density at radius 1 is 1.59 bits per heavy atom. The fraction of sp³-hybridized carbons (Fsp3) is 0.600. The van der Waals surface area contributed by atoms with Gasteiger partial charge in [0, 0.05) is 18.7 Å². The van der Waals surface area contributed by atoms with Crippen LogP contribution in [0.1, 0.15) is 33.9 Å². The molecule has 1 aliphatic carbocycles. The van der Waals surface area contributed by atoms with Gasteiger partial charge in [0.1, 0.15) is 0 Å². The van der Waals surface area contributed by atoms with Crippen molar-refractivity contribution in [3.05, 3.63) is 16.1 Å². The van der Waals surface area contributed by atoms with Crippen LogP contribution in [0.5, 0.6) is 0 Å². The molecule has 0 spiro atoms. The summed E-state index contributed by atoms with van der Waals surface area (Å²) in [6, 6.07) is -0.237. The standard InChI is InChI=1S/C10H11F3N2OS/c11-10(12,13)9-15-4-8(17-9)7(16)3-6(14)5-1-2-5/h4-6H,1-3,14H2. The van der Waals surface area contributed by atoms with Crippen LogP contribution in [-0.4, -0.2) is 16.8 Å². The Labute approximate surface area is 99.8 Å². The van der Waals surface area contributed by atoms with E-state index in [1.54, 1.807) is 0 Å². The topological polar surface area (TPSA) is 56.0 Å². The number of nitrogens with zero attached hydrogens (tertiary/aromatic N) is 1. The first kappa shape index (κ1) is 12.5. The van der Waals surface area contributed by atoms with E-state index in [4.69, 9.17) is 5.73 Å². The van der Waals surface area contributed by atoms with Crippen LogP contribution in [0, 0.1) is 5.92 Å². The third-order valence-corrected chi connectivity index (χ3v) is 3.75. The van der Waals surface area contributed by atoms with Gasteiger partial charge in [-0.25, -0.2) is 4.98 Å². The molecule has 0 radical (unpaired) electrons. The van der Waals surface area contributed by atoms with E-state index in [1.807, 2.05) is 0 Å². The predicted octanol–water partition coefficient (Wildman–Crippen LogP) is 2.47. The molecule has 3 nitrogen and oxygen atoms in total. The van der Waals surface area contributed by atoms with Crippen LogP contribution in [0.4, 0.5) is 13.2 Å². The number of rotatable bonds is 4. The number of halogens is 3. The van der Waals surface area contributed by atoms with Crippen molar-refractivity contribution in [1.82, 2.24) is 4.98 Å². The summed E-state index contributed by atoms with van der Waals surface area (Å²) in [7, 11) is 0. The minimum atomic E-state index is -4.48. The molecular formula is C10H11F3N2OS. The second-order valence-corrected chi connectivity index (χ2v) is 5.19. The number of aromatic nitrogens is 1. The smallest absolute Gasteiger partial charge is 0.327 e. The zero-order valence-corrected chi connectivity index (χ0v) is 9.64. The number of ketones is 1. The number of alkyl halides is 3. The molecule has 2 N–H and O–H groups in total. The summed E-state index contributed by atoms with van der Waals surface area (Å²) in [4.78, 5) is 14.9. The van der Waals surface area contributed by atoms with E-state index in [0.717, 1.165) is 19.0 Å². The van der Waals surface area contributed by atoms with Gasteiger partial charge in [-0.2, -0.15) is 13.2 Å². The molecule has 1 atom stereocenters.